The van der Waals surface area contributed by atoms with Crippen LogP contribution in [0.1, 0.15) is 29.9 Å². The Morgan fingerprint density at radius 3 is 2.81 bits per heavy atom. The van der Waals surface area contributed by atoms with Gasteiger partial charge in [0.2, 0.25) is 0 Å². The topological polar surface area (TPSA) is 68.0 Å². The van der Waals surface area contributed by atoms with Crippen LogP contribution in [0.15, 0.2) is 61.1 Å². The Balaban J connectivity index is 1.82. The fourth-order valence-electron chi connectivity index (χ4n) is 2.85. The van der Waals surface area contributed by atoms with Crippen molar-refractivity contribution in [2.45, 2.75) is 19.4 Å². The van der Waals surface area contributed by atoms with E-state index in [1.54, 1.807) is 10.7 Å². The Morgan fingerprint density at radius 1 is 1.12 bits per heavy atom. The van der Waals surface area contributed by atoms with Gasteiger partial charge in [0, 0.05) is 23.0 Å². The molecular weight excluding hydrogens is 348 g/mol. The molecule has 0 aliphatic rings. The highest BCUT2D eigenvalue weighted by atomic mass is 35.5. The molecule has 3 aromatic heterocycles. The Kier molecular flexibility index (Phi) is 4.50. The fourth-order valence-corrected chi connectivity index (χ4v) is 3.05. The fraction of sp³-hybridized carbons (Fsp3) is 0.158. The molecule has 7 heteroatoms. The van der Waals surface area contributed by atoms with Crippen LogP contribution in [-0.2, 0) is 6.42 Å². The predicted octanol–water partition coefficient (Wildman–Crippen LogP) is 3.94. The molecule has 0 saturated carbocycles. The first-order chi connectivity index (χ1) is 12.7. The smallest absolute Gasteiger partial charge is 0.254 e. The first kappa shape index (κ1) is 16.5. The summed E-state index contributed by atoms with van der Waals surface area (Å²) < 4.78 is 1.69. The monoisotopic (exact) mass is 364 g/mol. The lowest BCUT2D eigenvalue weighted by atomic mass is 10.0. The van der Waals surface area contributed by atoms with Gasteiger partial charge in [-0.2, -0.15) is 14.6 Å². The van der Waals surface area contributed by atoms with E-state index in [2.05, 4.69) is 32.3 Å². The van der Waals surface area contributed by atoms with Crippen LogP contribution in [0, 0.1) is 0 Å². The average molecular weight is 365 g/mol. The molecule has 4 aromatic rings. The van der Waals surface area contributed by atoms with E-state index in [1.807, 2.05) is 48.5 Å². The SMILES string of the molecule is CCc1cc(NC(c2cccc(Cl)c2)c2ccccn2)n2ncnc2n1. The second-order valence-electron chi connectivity index (χ2n) is 5.85. The number of aryl methyl sites for hydroxylation is 1. The van der Waals surface area contributed by atoms with Crippen LogP contribution in [0.2, 0.25) is 5.02 Å². The number of hydrogen-bond acceptors (Lipinski definition) is 5. The number of halogens is 1. The zero-order valence-electron chi connectivity index (χ0n) is 14.2. The number of hydrogen-bond donors (Lipinski definition) is 1. The number of nitrogens with one attached hydrogen (secondary N) is 1. The largest absolute Gasteiger partial charge is 0.357 e. The summed E-state index contributed by atoms with van der Waals surface area (Å²) in [6.07, 6.45) is 4.09. The highest BCUT2D eigenvalue weighted by Crippen LogP contribution is 2.27. The van der Waals surface area contributed by atoms with Crippen LogP contribution in [-0.4, -0.2) is 24.6 Å². The molecule has 1 atom stereocenters. The third-order valence-electron chi connectivity index (χ3n) is 4.12. The second-order valence-corrected chi connectivity index (χ2v) is 6.28. The van der Waals surface area contributed by atoms with Gasteiger partial charge >= 0.3 is 0 Å². The van der Waals surface area contributed by atoms with E-state index in [0.717, 1.165) is 29.2 Å². The first-order valence-electron chi connectivity index (χ1n) is 8.37. The Morgan fingerprint density at radius 2 is 2.04 bits per heavy atom. The van der Waals surface area contributed by atoms with Crippen LogP contribution in [0.4, 0.5) is 5.82 Å². The van der Waals surface area contributed by atoms with Crippen molar-refractivity contribution >= 4 is 23.2 Å². The number of aromatic nitrogens is 5. The molecule has 3 heterocycles. The lowest BCUT2D eigenvalue weighted by Crippen LogP contribution is -2.17. The molecule has 1 unspecified atom stereocenters. The van der Waals surface area contributed by atoms with Gasteiger partial charge in [0.1, 0.15) is 12.1 Å². The summed E-state index contributed by atoms with van der Waals surface area (Å²) in [6, 6.07) is 15.4. The van der Waals surface area contributed by atoms with Gasteiger partial charge in [0.15, 0.2) is 0 Å². The Hall–Kier alpha value is -2.99. The van der Waals surface area contributed by atoms with Crippen LogP contribution >= 0.6 is 11.6 Å². The standard InChI is InChI=1S/C19H17ClN6/c1-2-15-11-17(26-19(24-15)22-12-23-26)25-18(16-8-3-4-9-21-16)13-6-5-7-14(20)10-13/h3-12,18,25H,2H2,1H3. The van der Waals surface area contributed by atoms with Gasteiger partial charge in [0.25, 0.3) is 5.78 Å². The number of nitrogens with zero attached hydrogens (tertiary/aromatic N) is 5. The van der Waals surface area contributed by atoms with Crippen LogP contribution < -0.4 is 5.32 Å². The second kappa shape index (κ2) is 7.09. The summed E-state index contributed by atoms with van der Waals surface area (Å²) in [5.41, 5.74) is 2.84. The first-order valence-corrected chi connectivity index (χ1v) is 8.75. The van der Waals surface area contributed by atoms with E-state index < -0.39 is 0 Å². The van der Waals surface area contributed by atoms with Gasteiger partial charge in [-0.1, -0.05) is 36.7 Å². The van der Waals surface area contributed by atoms with E-state index in [4.69, 9.17) is 11.6 Å². The van der Waals surface area contributed by atoms with Crippen molar-refractivity contribution in [1.29, 1.82) is 0 Å². The van der Waals surface area contributed by atoms with E-state index in [-0.39, 0.29) is 6.04 Å². The van der Waals surface area contributed by atoms with E-state index in [9.17, 15) is 0 Å². The normalized spacial score (nSPS) is 12.2. The molecule has 4 rings (SSSR count). The number of anilines is 1. The highest BCUT2D eigenvalue weighted by molar-refractivity contribution is 6.30. The van der Waals surface area contributed by atoms with E-state index in [0.29, 0.717) is 10.8 Å². The molecule has 0 fully saturated rings. The lowest BCUT2D eigenvalue weighted by Gasteiger charge is -2.21. The summed E-state index contributed by atoms with van der Waals surface area (Å²) in [5.74, 6) is 1.37. The van der Waals surface area contributed by atoms with Crippen molar-refractivity contribution in [3.63, 3.8) is 0 Å². The van der Waals surface area contributed by atoms with Crippen LogP contribution in [0.25, 0.3) is 5.78 Å². The van der Waals surface area contributed by atoms with Crippen molar-refractivity contribution in [3.8, 4) is 0 Å². The van der Waals surface area contributed by atoms with Crippen molar-refractivity contribution in [1.82, 2.24) is 24.6 Å². The van der Waals surface area contributed by atoms with Gasteiger partial charge in [-0.15, -0.1) is 0 Å². The minimum absolute atomic E-state index is 0.186. The summed E-state index contributed by atoms with van der Waals surface area (Å²) in [7, 11) is 0. The molecule has 1 aromatic carbocycles. The predicted molar refractivity (Wildman–Crippen MR) is 101 cm³/mol. The molecule has 130 valence electrons. The Bertz CT molecular complexity index is 1030. The maximum atomic E-state index is 6.22. The summed E-state index contributed by atoms with van der Waals surface area (Å²) in [6.45, 7) is 2.06. The highest BCUT2D eigenvalue weighted by Gasteiger charge is 2.18. The quantitative estimate of drug-likeness (QED) is 0.581. The van der Waals surface area contributed by atoms with Crippen molar-refractivity contribution < 1.29 is 0 Å². The summed E-state index contributed by atoms with van der Waals surface area (Å²) in [4.78, 5) is 13.2. The van der Waals surface area contributed by atoms with Crippen LogP contribution in [0.5, 0.6) is 0 Å². The Labute approximate surface area is 155 Å². The number of pyridine rings is 1. The molecule has 1 N–H and O–H groups in total. The molecule has 0 bridgehead atoms. The van der Waals surface area contributed by atoms with Gasteiger partial charge in [-0.05, 0) is 36.2 Å². The summed E-state index contributed by atoms with van der Waals surface area (Å²) >= 11 is 6.22. The van der Waals surface area contributed by atoms with Gasteiger partial charge in [-0.3, -0.25) is 4.98 Å². The maximum Gasteiger partial charge on any atom is 0.254 e. The minimum Gasteiger partial charge on any atom is -0.357 e. The number of benzene rings is 1. The molecule has 0 spiro atoms. The third-order valence-corrected chi connectivity index (χ3v) is 4.36. The van der Waals surface area contributed by atoms with Gasteiger partial charge in [-0.25, -0.2) is 4.98 Å². The van der Waals surface area contributed by atoms with Crippen LogP contribution in [0.3, 0.4) is 0 Å². The van der Waals surface area contributed by atoms with Gasteiger partial charge in [0.05, 0.1) is 11.7 Å². The molecule has 0 radical (unpaired) electrons. The van der Waals surface area contributed by atoms with Gasteiger partial charge < -0.3 is 5.32 Å². The average Bonchev–Trinajstić information content (AvgIpc) is 3.15. The van der Waals surface area contributed by atoms with E-state index in [1.165, 1.54) is 6.33 Å². The molecular formula is C19H17ClN6. The van der Waals surface area contributed by atoms with Crippen molar-refractivity contribution in [2.24, 2.45) is 0 Å². The molecule has 0 saturated heterocycles. The third kappa shape index (κ3) is 3.23. The zero-order chi connectivity index (χ0) is 17.9. The number of rotatable bonds is 5. The zero-order valence-corrected chi connectivity index (χ0v) is 14.9. The van der Waals surface area contributed by atoms with Crippen molar-refractivity contribution in [2.75, 3.05) is 5.32 Å². The number of fused-ring (bicyclic) bond motifs is 1. The molecule has 26 heavy (non-hydrogen) atoms. The lowest BCUT2D eigenvalue weighted by molar-refractivity contribution is 0.839. The van der Waals surface area contributed by atoms with Crippen molar-refractivity contribution in [3.05, 3.63) is 83.0 Å². The summed E-state index contributed by atoms with van der Waals surface area (Å²) in [5, 5.41) is 8.51. The van der Waals surface area contributed by atoms with E-state index >= 15 is 0 Å². The molecule has 0 aliphatic carbocycles. The molecule has 0 aliphatic heterocycles. The maximum absolute atomic E-state index is 6.22. The molecule has 0 amide bonds. The molecule has 6 nitrogen and oxygen atoms in total. The minimum atomic E-state index is -0.186.